The molecule has 0 aliphatic carbocycles. The Morgan fingerprint density at radius 1 is 0.927 bits per heavy atom. The Labute approximate surface area is 233 Å². The van der Waals surface area contributed by atoms with Crippen LogP contribution in [-0.4, -0.2) is 52.8 Å². The van der Waals surface area contributed by atoms with Gasteiger partial charge in [0.2, 0.25) is 0 Å². The van der Waals surface area contributed by atoms with Gasteiger partial charge in [0.15, 0.2) is 11.5 Å². The number of carbonyl (C=O) groups excluding carboxylic acids is 1. The highest BCUT2D eigenvalue weighted by Crippen LogP contribution is 2.36. The molecule has 3 aromatic carbocycles. The van der Waals surface area contributed by atoms with E-state index in [1.165, 1.54) is 36.4 Å². The van der Waals surface area contributed by atoms with Crippen LogP contribution in [0, 0.1) is 28.8 Å². The number of hydrogen-bond acceptors (Lipinski definition) is 6. The predicted octanol–water partition coefficient (Wildman–Crippen LogP) is 5.18. The van der Waals surface area contributed by atoms with Crippen molar-refractivity contribution in [2.24, 2.45) is 5.73 Å². The molecule has 2 heterocycles. The van der Waals surface area contributed by atoms with Gasteiger partial charge in [0, 0.05) is 53.4 Å². The molecule has 0 atom stereocenters. The summed E-state index contributed by atoms with van der Waals surface area (Å²) in [7, 11) is 3.88. The summed E-state index contributed by atoms with van der Waals surface area (Å²) in [6.45, 7) is 1.26. The van der Waals surface area contributed by atoms with E-state index in [0.29, 0.717) is 18.8 Å². The normalized spacial score (nSPS) is 11.1. The first kappa shape index (κ1) is 27.4. The summed E-state index contributed by atoms with van der Waals surface area (Å²) in [5.74, 6) is -3.21. The van der Waals surface area contributed by atoms with Gasteiger partial charge in [-0.2, -0.15) is 10.4 Å². The summed E-state index contributed by atoms with van der Waals surface area (Å²) in [5, 5.41) is 13.5. The standard InChI is InChI=1S/C30H24F3N7O/c1-38(2)13-14-39(19-9-11-36-12-10-19)20-3-5-22(26(32)16-20)23-6-7-24-28(30(35)41)37-40(29(24)27(23)33)21-4-8-25(31)18(15-21)17-34/h3-12,15-16H,13-14H2,1-2H3,(H2,35,41). The van der Waals surface area contributed by atoms with Crippen LogP contribution >= 0.6 is 0 Å². The molecule has 0 radical (unpaired) electrons. The van der Waals surface area contributed by atoms with Gasteiger partial charge in [0.1, 0.15) is 23.2 Å². The number of primary amides is 1. The predicted molar refractivity (Wildman–Crippen MR) is 149 cm³/mol. The zero-order valence-corrected chi connectivity index (χ0v) is 22.1. The smallest absolute Gasteiger partial charge is 0.269 e. The number of fused-ring (bicyclic) bond motifs is 1. The van der Waals surface area contributed by atoms with Crippen molar-refractivity contribution in [1.29, 1.82) is 5.26 Å². The molecule has 0 saturated heterocycles. The van der Waals surface area contributed by atoms with E-state index in [2.05, 4.69) is 10.1 Å². The first-order valence-electron chi connectivity index (χ1n) is 12.5. The Balaban J connectivity index is 1.64. The molecular formula is C30H24F3N7O. The van der Waals surface area contributed by atoms with Crippen LogP contribution in [0.5, 0.6) is 0 Å². The first-order chi connectivity index (χ1) is 19.7. The highest BCUT2D eigenvalue weighted by molar-refractivity contribution is 6.05. The summed E-state index contributed by atoms with van der Waals surface area (Å²) in [6.07, 6.45) is 3.30. The molecule has 0 fully saturated rings. The fraction of sp³-hybridized carbons (Fsp3) is 0.133. The van der Waals surface area contributed by atoms with Gasteiger partial charge in [-0.25, -0.2) is 17.9 Å². The molecule has 5 aromatic rings. The molecule has 11 heteroatoms. The number of carbonyl (C=O) groups is 1. The second kappa shape index (κ2) is 11.1. The largest absolute Gasteiger partial charge is 0.364 e. The van der Waals surface area contributed by atoms with E-state index in [4.69, 9.17) is 5.73 Å². The third kappa shape index (κ3) is 5.20. The van der Waals surface area contributed by atoms with Gasteiger partial charge in [-0.3, -0.25) is 9.78 Å². The second-order valence-electron chi connectivity index (χ2n) is 9.55. The summed E-state index contributed by atoms with van der Waals surface area (Å²) in [5.41, 5.74) is 6.23. The first-order valence-corrected chi connectivity index (χ1v) is 12.5. The maximum Gasteiger partial charge on any atom is 0.269 e. The van der Waals surface area contributed by atoms with Gasteiger partial charge in [-0.05, 0) is 68.7 Å². The van der Waals surface area contributed by atoms with Gasteiger partial charge in [-0.1, -0.05) is 6.07 Å². The molecule has 0 spiro atoms. The maximum atomic E-state index is 16.2. The third-order valence-electron chi connectivity index (χ3n) is 6.63. The summed E-state index contributed by atoms with van der Waals surface area (Å²) in [4.78, 5) is 20.1. The number of halogens is 3. The zero-order valence-electron chi connectivity index (χ0n) is 22.1. The van der Waals surface area contributed by atoms with Crippen molar-refractivity contribution in [3.63, 3.8) is 0 Å². The molecule has 41 heavy (non-hydrogen) atoms. The number of aromatic nitrogens is 3. The van der Waals surface area contributed by atoms with E-state index in [9.17, 15) is 14.4 Å². The Morgan fingerprint density at radius 2 is 1.66 bits per heavy atom. The van der Waals surface area contributed by atoms with Crippen LogP contribution < -0.4 is 10.6 Å². The molecule has 8 nitrogen and oxygen atoms in total. The topological polar surface area (TPSA) is 104 Å². The molecule has 5 rings (SSSR count). The van der Waals surface area contributed by atoms with E-state index in [1.807, 2.05) is 36.0 Å². The monoisotopic (exact) mass is 555 g/mol. The minimum Gasteiger partial charge on any atom is -0.364 e. The number of rotatable bonds is 8. The van der Waals surface area contributed by atoms with Crippen LogP contribution in [0.3, 0.4) is 0 Å². The van der Waals surface area contributed by atoms with E-state index >= 15 is 8.78 Å². The molecule has 0 aliphatic rings. The van der Waals surface area contributed by atoms with Crippen molar-refractivity contribution in [1.82, 2.24) is 19.7 Å². The molecular weight excluding hydrogens is 531 g/mol. The molecule has 2 N–H and O–H groups in total. The van der Waals surface area contributed by atoms with Crippen LogP contribution in [0.2, 0.25) is 0 Å². The molecule has 0 bridgehead atoms. The minimum atomic E-state index is -0.909. The lowest BCUT2D eigenvalue weighted by atomic mass is 10.0. The molecule has 2 aromatic heterocycles. The average molecular weight is 556 g/mol. The Bertz CT molecular complexity index is 1810. The van der Waals surface area contributed by atoms with Gasteiger partial charge in [-0.15, -0.1) is 0 Å². The fourth-order valence-electron chi connectivity index (χ4n) is 4.60. The lowest BCUT2D eigenvalue weighted by molar-refractivity contribution is 0.0996. The van der Waals surface area contributed by atoms with Crippen LogP contribution in [0.1, 0.15) is 16.1 Å². The van der Waals surface area contributed by atoms with Crippen molar-refractivity contribution in [2.45, 2.75) is 0 Å². The van der Waals surface area contributed by atoms with Crippen LogP contribution in [0.4, 0.5) is 24.5 Å². The fourth-order valence-corrected chi connectivity index (χ4v) is 4.60. The van der Waals surface area contributed by atoms with Gasteiger partial charge in [0.05, 0.1) is 11.3 Å². The highest BCUT2D eigenvalue weighted by Gasteiger charge is 2.24. The van der Waals surface area contributed by atoms with E-state index in [0.717, 1.165) is 16.4 Å². The zero-order chi connectivity index (χ0) is 29.3. The number of nitrogens with zero attached hydrogens (tertiary/aromatic N) is 6. The minimum absolute atomic E-state index is 0.0133. The number of anilines is 2. The van der Waals surface area contributed by atoms with Crippen LogP contribution in [-0.2, 0) is 0 Å². The number of benzene rings is 3. The van der Waals surface area contributed by atoms with Crippen molar-refractivity contribution in [3.05, 3.63) is 102 Å². The summed E-state index contributed by atoms with van der Waals surface area (Å²) in [6, 6.07) is 16.2. The van der Waals surface area contributed by atoms with Crippen molar-refractivity contribution in [3.8, 4) is 22.9 Å². The third-order valence-corrected chi connectivity index (χ3v) is 6.63. The maximum absolute atomic E-state index is 16.2. The van der Waals surface area contributed by atoms with Crippen molar-refractivity contribution in [2.75, 3.05) is 32.1 Å². The van der Waals surface area contributed by atoms with E-state index < -0.39 is 23.4 Å². The SMILES string of the molecule is CN(C)CCN(c1ccncc1)c1ccc(-c2ccc3c(C(N)=O)nn(-c4ccc(F)c(C#N)c4)c3c2F)c(F)c1. The number of nitriles is 1. The van der Waals surface area contributed by atoms with Gasteiger partial charge >= 0.3 is 0 Å². The molecule has 0 saturated carbocycles. The molecule has 206 valence electrons. The number of amides is 1. The Kier molecular flexibility index (Phi) is 7.42. The number of pyridine rings is 1. The van der Waals surface area contributed by atoms with Crippen molar-refractivity contribution >= 4 is 28.2 Å². The lowest BCUT2D eigenvalue weighted by Gasteiger charge is -2.27. The Morgan fingerprint density at radius 3 is 2.32 bits per heavy atom. The highest BCUT2D eigenvalue weighted by atomic mass is 19.1. The average Bonchev–Trinajstić information content (AvgIpc) is 3.35. The van der Waals surface area contributed by atoms with E-state index in [-0.39, 0.29) is 39.0 Å². The molecule has 0 unspecified atom stereocenters. The van der Waals surface area contributed by atoms with Crippen molar-refractivity contribution < 1.29 is 18.0 Å². The van der Waals surface area contributed by atoms with Crippen LogP contribution in [0.15, 0.2) is 73.1 Å². The van der Waals surface area contributed by atoms with Gasteiger partial charge in [0.25, 0.3) is 5.91 Å². The molecule has 0 aliphatic heterocycles. The van der Waals surface area contributed by atoms with Gasteiger partial charge < -0.3 is 15.5 Å². The number of likely N-dealkylation sites (N-methyl/N-ethyl adjacent to an activating group) is 1. The summed E-state index contributed by atoms with van der Waals surface area (Å²) >= 11 is 0. The number of hydrogen-bond donors (Lipinski definition) is 1. The van der Waals surface area contributed by atoms with Crippen LogP contribution in [0.25, 0.3) is 27.7 Å². The number of nitrogens with two attached hydrogens (primary N) is 1. The molecule has 1 amide bonds. The summed E-state index contributed by atoms with van der Waals surface area (Å²) < 4.78 is 47.0. The second-order valence-corrected chi connectivity index (χ2v) is 9.55. The quantitative estimate of drug-likeness (QED) is 0.283. The lowest BCUT2D eigenvalue weighted by Crippen LogP contribution is -2.28. The van der Waals surface area contributed by atoms with E-state index in [1.54, 1.807) is 24.5 Å². The Hall–Kier alpha value is -5.21.